The van der Waals surface area contributed by atoms with E-state index in [1.807, 2.05) is 0 Å². The van der Waals surface area contributed by atoms with Crippen molar-refractivity contribution < 1.29 is 46.8 Å². The van der Waals surface area contributed by atoms with Gasteiger partial charge in [0.25, 0.3) is 0 Å². The molecule has 0 fully saturated rings. The third-order valence-corrected chi connectivity index (χ3v) is 1.92. The molecule has 0 heterocycles. The Morgan fingerprint density at radius 1 is 0.833 bits per heavy atom. The van der Waals surface area contributed by atoms with Crippen LogP contribution in [0.5, 0.6) is 0 Å². The van der Waals surface area contributed by atoms with E-state index < -0.39 is 17.9 Å². The topological polar surface area (TPSA) is 118 Å². The van der Waals surface area contributed by atoms with Crippen LogP contribution in [-0.2, 0) is 31.5 Å². The summed E-state index contributed by atoms with van der Waals surface area (Å²) in [5, 5.41) is 25.6. The molecule has 0 aromatic rings. The summed E-state index contributed by atoms with van der Waals surface area (Å²) in [6.45, 7) is -0.469. The Kier molecular flexibility index (Phi) is 10.5. The Morgan fingerprint density at radius 3 is 1.56 bits per heavy atom. The van der Waals surface area contributed by atoms with Crippen molar-refractivity contribution in [2.24, 2.45) is 0 Å². The molecule has 0 spiro atoms. The van der Waals surface area contributed by atoms with Crippen LogP contribution < -0.4 is 0 Å². The second kappa shape index (κ2) is 9.84. The van der Waals surface area contributed by atoms with E-state index >= 15 is 0 Å². The first kappa shape index (κ1) is 19.2. The van der Waals surface area contributed by atoms with Crippen LogP contribution in [0.4, 0.5) is 0 Å². The molecular formula is C9H16CuN2O6+. The smallest absolute Gasteiger partial charge is 0.480 e. The van der Waals surface area contributed by atoms with Crippen molar-refractivity contribution >= 4 is 17.9 Å². The Hall–Kier alpha value is -1.15. The zero-order chi connectivity index (χ0) is 13.4. The molecule has 3 N–H and O–H groups in total. The van der Waals surface area contributed by atoms with E-state index in [4.69, 9.17) is 15.3 Å². The summed E-state index contributed by atoms with van der Waals surface area (Å²) in [6, 6.07) is 0. The Labute approximate surface area is 115 Å². The zero-order valence-electron chi connectivity index (χ0n) is 9.80. The monoisotopic (exact) mass is 311 g/mol. The summed E-state index contributed by atoms with van der Waals surface area (Å²) < 4.78 is 0. The molecule has 0 aromatic heterocycles. The van der Waals surface area contributed by atoms with Crippen LogP contribution in [0, 0.1) is 0 Å². The molecule has 0 radical (unpaired) electrons. The summed E-state index contributed by atoms with van der Waals surface area (Å²) in [5.41, 5.74) is 0. The van der Waals surface area contributed by atoms with E-state index in [-0.39, 0.29) is 49.8 Å². The largest absolute Gasteiger partial charge is 1.00 e. The number of carboxylic acids is 3. The Balaban J connectivity index is 0. The Bertz CT molecular complexity index is 283. The van der Waals surface area contributed by atoms with Crippen LogP contribution >= 0.6 is 0 Å². The molecular weight excluding hydrogens is 296 g/mol. The van der Waals surface area contributed by atoms with Gasteiger partial charge in [-0.15, -0.1) is 0 Å². The number of carbonyl (C=O) groups is 3. The third kappa shape index (κ3) is 11.3. The molecule has 0 unspecified atom stereocenters. The molecule has 0 aliphatic heterocycles. The predicted molar refractivity (Wildman–Crippen MR) is 56.8 cm³/mol. The predicted octanol–water partition coefficient (Wildman–Crippen LogP) is -1.53. The fourth-order valence-corrected chi connectivity index (χ4v) is 1.22. The molecule has 0 atom stereocenters. The van der Waals surface area contributed by atoms with Gasteiger partial charge >= 0.3 is 35.0 Å². The minimum absolute atomic E-state index is 0. The summed E-state index contributed by atoms with van der Waals surface area (Å²) in [6.07, 6.45) is 0. The van der Waals surface area contributed by atoms with E-state index in [9.17, 15) is 14.4 Å². The molecule has 0 rings (SSSR count). The third-order valence-electron chi connectivity index (χ3n) is 1.92. The van der Waals surface area contributed by atoms with Gasteiger partial charge in [-0.3, -0.25) is 24.2 Å². The molecule has 0 saturated heterocycles. The van der Waals surface area contributed by atoms with Crippen LogP contribution in [-0.4, -0.2) is 82.8 Å². The van der Waals surface area contributed by atoms with Crippen molar-refractivity contribution in [2.75, 3.05) is 39.8 Å². The van der Waals surface area contributed by atoms with Gasteiger partial charge in [-0.1, -0.05) is 0 Å². The summed E-state index contributed by atoms with van der Waals surface area (Å²) in [4.78, 5) is 34.0. The second-order valence-corrected chi connectivity index (χ2v) is 3.63. The average molecular weight is 312 g/mol. The fourth-order valence-electron chi connectivity index (χ4n) is 1.22. The number of rotatable bonds is 9. The van der Waals surface area contributed by atoms with Gasteiger partial charge in [-0.25, -0.2) is 0 Å². The van der Waals surface area contributed by atoms with Gasteiger partial charge in [-0.2, -0.15) is 0 Å². The minimum atomic E-state index is -1.12. The molecule has 0 aromatic carbocycles. The van der Waals surface area contributed by atoms with Crippen LogP contribution in [0.1, 0.15) is 0 Å². The number of hydrogen-bond acceptors (Lipinski definition) is 5. The maximum atomic E-state index is 10.5. The van der Waals surface area contributed by atoms with E-state index in [0.717, 1.165) is 0 Å². The van der Waals surface area contributed by atoms with Gasteiger partial charge in [0.1, 0.15) is 0 Å². The fraction of sp³-hybridized carbons (Fsp3) is 0.667. The zero-order valence-corrected chi connectivity index (χ0v) is 10.7. The number of aliphatic carboxylic acids is 3. The molecule has 18 heavy (non-hydrogen) atoms. The molecule has 0 saturated carbocycles. The van der Waals surface area contributed by atoms with E-state index in [1.165, 1.54) is 9.80 Å². The van der Waals surface area contributed by atoms with Gasteiger partial charge < -0.3 is 15.3 Å². The first-order valence-electron chi connectivity index (χ1n) is 4.87. The minimum Gasteiger partial charge on any atom is -0.480 e. The molecule has 8 nitrogen and oxygen atoms in total. The van der Waals surface area contributed by atoms with Crippen molar-refractivity contribution in [1.29, 1.82) is 0 Å². The van der Waals surface area contributed by atoms with Gasteiger partial charge in [0.05, 0.1) is 19.6 Å². The van der Waals surface area contributed by atoms with Gasteiger partial charge in [0, 0.05) is 13.1 Å². The van der Waals surface area contributed by atoms with Gasteiger partial charge in [0.15, 0.2) is 0 Å². The van der Waals surface area contributed by atoms with E-state index in [0.29, 0.717) is 0 Å². The first-order chi connectivity index (χ1) is 7.81. The maximum Gasteiger partial charge on any atom is 1.00 e. The van der Waals surface area contributed by atoms with Crippen molar-refractivity contribution in [3.05, 3.63) is 0 Å². The van der Waals surface area contributed by atoms with Crippen molar-refractivity contribution in [2.45, 2.75) is 0 Å². The number of hydrogen-bond donors (Lipinski definition) is 3. The summed E-state index contributed by atoms with van der Waals surface area (Å²) in [5.74, 6) is -3.23. The number of carboxylic acid groups (broad SMARTS) is 3. The van der Waals surface area contributed by atoms with Crippen molar-refractivity contribution in [1.82, 2.24) is 9.80 Å². The van der Waals surface area contributed by atoms with Crippen LogP contribution in [0.2, 0.25) is 0 Å². The van der Waals surface area contributed by atoms with Crippen LogP contribution in [0.15, 0.2) is 0 Å². The molecule has 0 amide bonds. The maximum absolute atomic E-state index is 10.5. The first-order valence-corrected chi connectivity index (χ1v) is 4.87. The Morgan fingerprint density at radius 2 is 1.22 bits per heavy atom. The normalized spacial score (nSPS) is 10.2. The molecule has 0 bridgehead atoms. The van der Waals surface area contributed by atoms with Crippen molar-refractivity contribution in [3.8, 4) is 0 Å². The van der Waals surface area contributed by atoms with E-state index in [2.05, 4.69) is 0 Å². The van der Waals surface area contributed by atoms with Gasteiger partial charge in [-0.05, 0) is 7.05 Å². The SMILES string of the molecule is CN(CCN(CC(=O)O)CC(=O)O)CC(=O)O.[Cu+]. The molecule has 0 aliphatic rings. The number of nitrogens with zero attached hydrogens (tertiary/aromatic N) is 2. The van der Waals surface area contributed by atoms with Gasteiger partial charge in [0.2, 0.25) is 0 Å². The quantitative estimate of drug-likeness (QED) is 0.439. The van der Waals surface area contributed by atoms with Crippen LogP contribution in [0.25, 0.3) is 0 Å². The average Bonchev–Trinajstić information content (AvgIpc) is 2.11. The van der Waals surface area contributed by atoms with Crippen molar-refractivity contribution in [3.63, 3.8) is 0 Å². The number of likely N-dealkylation sites (N-methyl/N-ethyl adjacent to an activating group) is 1. The summed E-state index contributed by atoms with van der Waals surface area (Å²) in [7, 11) is 1.56. The molecule has 9 heteroatoms. The summed E-state index contributed by atoms with van der Waals surface area (Å²) >= 11 is 0. The second-order valence-electron chi connectivity index (χ2n) is 3.63. The van der Waals surface area contributed by atoms with Crippen LogP contribution in [0.3, 0.4) is 0 Å². The molecule has 0 aliphatic carbocycles. The molecule has 108 valence electrons. The standard InChI is InChI=1S/C9H16N2O6.Cu/c1-10(4-7(12)13)2-3-11(5-8(14)15)6-9(16)17;/h2-6H2,1H3,(H,12,13)(H,14,15)(H,16,17);/q;+1. The van der Waals surface area contributed by atoms with E-state index in [1.54, 1.807) is 7.05 Å².